The van der Waals surface area contributed by atoms with Gasteiger partial charge in [0.05, 0.1) is 13.2 Å². The van der Waals surface area contributed by atoms with Crippen LogP contribution in [0.1, 0.15) is 25.8 Å². The lowest BCUT2D eigenvalue weighted by atomic mass is 10.1. The molecule has 1 unspecified atom stereocenters. The molecule has 0 radical (unpaired) electrons. The van der Waals surface area contributed by atoms with Crippen LogP contribution in [0.5, 0.6) is 5.75 Å². The van der Waals surface area contributed by atoms with Crippen molar-refractivity contribution in [1.82, 2.24) is 0 Å². The van der Waals surface area contributed by atoms with Crippen molar-refractivity contribution in [1.29, 1.82) is 0 Å². The molecule has 1 rings (SSSR count). The average molecular weight is 206 g/mol. The van der Waals surface area contributed by atoms with Crippen LogP contribution < -0.4 is 4.74 Å². The van der Waals surface area contributed by atoms with E-state index in [4.69, 9.17) is 4.74 Å². The van der Waals surface area contributed by atoms with Crippen molar-refractivity contribution in [2.75, 3.05) is 7.11 Å². The Morgan fingerprint density at radius 2 is 2.00 bits per heavy atom. The molecule has 0 spiro atoms. The molecule has 1 atom stereocenters. The largest absolute Gasteiger partial charge is 0.497 e. The minimum absolute atomic E-state index is 0.341. The molecule has 0 aliphatic carbocycles. The van der Waals surface area contributed by atoms with Crippen LogP contribution >= 0.6 is 0 Å². The summed E-state index contributed by atoms with van der Waals surface area (Å²) in [7, 11) is 1.65. The van der Waals surface area contributed by atoms with Gasteiger partial charge in [0.1, 0.15) is 5.75 Å². The van der Waals surface area contributed by atoms with Crippen molar-refractivity contribution in [2.24, 2.45) is 0 Å². The second kappa shape index (κ2) is 5.56. The molecule has 0 aliphatic heterocycles. The lowest BCUT2D eigenvalue weighted by Crippen LogP contribution is -2.05. The zero-order chi connectivity index (χ0) is 11.3. The van der Waals surface area contributed by atoms with Crippen molar-refractivity contribution in [3.8, 4) is 5.75 Å². The smallest absolute Gasteiger partial charge is 0.118 e. The molecular formula is C13H18O2. The van der Waals surface area contributed by atoms with E-state index in [2.05, 4.69) is 0 Å². The van der Waals surface area contributed by atoms with Crippen molar-refractivity contribution in [3.05, 3.63) is 35.4 Å². The highest BCUT2D eigenvalue weighted by Gasteiger charge is 2.02. The first-order valence-electron chi connectivity index (χ1n) is 5.17. The van der Waals surface area contributed by atoms with E-state index in [-0.39, 0.29) is 6.10 Å². The summed E-state index contributed by atoms with van der Waals surface area (Å²) in [6.45, 7) is 3.91. The number of ether oxygens (including phenoxy) is 1. The number of hydrogen-bond donors (Lipinski definition) is 1. The predicted molar refractivity (Wildman–Crippen MR) is 62.9 cm³/mol. The molecule has 0 heterocycles. The highest BCUT2D eigenvalue weighted by Crippen LogP contribution is 2.15. The molecule has 82 valence electrons. The fraction of sp³-hybridized carbons (Fsp3) is 0.385. The third-order valence-electron chi connectivity index (χ3n) is 2.42. The summed E-state index contributed by atoms with van der Waals surface area (Å²) in [5, 5.41) is 9.60. The van der Waals surface area contributed by atoms with E-state index < -0.39 is 0 Å². The van der Waals surface area contributed by atoms with E-state index in [0.29, 0.717) is 0 Å². The fourth-order valence-corrected chi connectivity index (χ4v) is 1.38. The van der Waals surface area contributed by atoms with Gasteiger partial charge >= 0.3 is 0 Å². The number of aliphatic hydroxyl groups is 1. The van der Waals surface area contributed by atoms with Crippen molar-refractivity contribution >= 4 is 6.08 Å². The van der Waals surface area contributed by atoms with Crippen LogP contribution in [0.15, 0.2) is 29.8 Å². The van der Waals surface area contributed by atoms with Gasteiger partial charge in [-0.2, -0.15) is 0 Å². The molecule has 0 saturated carbocycles. The highest BCUT2D eigenvalue weighted by molar-refractivity contribution is 5.54. The van der Waals surface area contributed by atoms with E-state index in [1.54, 1.807) is 7.11 Å². The van der Waals surface area contributed by atoms with Gasteiger partial charge < -0.3 is 9.84 Å². The van der Waals surface area contributed by atoms with Gasteiger partial charge in [-0.1, -0.05) is 25.1 Å². The van der Waals surface area contributed by atoms with Crippen LogP contribution in [0.2, 0.25) is 0 Å². The average Bonchev–Trinajstić information content (AvgIpc) is 2.29. The Labute approximate surface area is 91.2 Å². The number of methoxy groups -OCH3 is 1. The minimum atomic E-state index is -0.341. The number of benzene rings is 1. The lowest BCUT2D eigenvalue weighted by Gasteiger charge is -2.08. The third-order valence-corrected chi connectivity index (χ3v) is 2.42. The van der Waals surface area contributed by atoms with E-state index in [1.165, 1.54) is 0 Å². The maximum Gasteiger partial charge on any atom is 0.118 e. The van der Waals surface area contributed by atoms with Crippen molar-refractivity contribution < 1.29 is 9.84 Å². The van der Waals surface area contributed by atoms with E-state index in [1.807, 2.05) is 44.2 Å². The molecule has 0 aliphatic rings. The zero-order valence-electron chi connectivity index (χ0n) is 9.53. The molecule has 1 aromatic rings. The maximum atomic E-state index is 9.60. The van der Waals surface area contributed by atoms with Gasteiger partial charge in [0.25, 0.3) is 0 Å². The summed E-state index contributed by atoms with van der Waals surface area (Å²) in [5.74, 6) is 0.848. The maximum absolute atomic E-state index is 9.60. The van der Waals surface area contributed by atoms with Crippen LogP contribution in [-0.2, 0) is 0 Å². The fourth-order valence-electron chi connectivity index (χ4n) is 1.38. The predicted octanol–water partition coefficient (Wildman–Crippen LogP) is 2.87. The van der Waals surface area contributed by atoms with E-state index in [0.717, 1.165) is 23.3 Å². The monoisotopic (exact) mass is 206 g/mol. The number of hydrogen-bond acceptors (Lipinski definition) is 2. The molecule has 0 saturated heterocycles. The molecule has 1 aromatic carbocycles. The van der Waals surface area contributed by atoms with Gasteiger partial charge in [0.2, 0.25) is 0 Å². The van der Waals surface area contributed by atoms with E-state index in [9.17, 15) is 5.11 Å². The molecule has 2 nitrogen and oxygen atoms in total. The Hall–Kier alpha value is -1.28. The van der Waals surface area contributed by atoms with Crippen LogP contribution in [0.25, 0.3) is 6.08 Å². The minimum Gasteiger partial charge on any atom is -0.497 e. The molecule has 0 amide bonds. The summed E-state index contributed by atoms with van der Waals surface area (Å²) >= 11 is 0. The van der Waals surface area contributed by atoms with Crippen molar-refractivity contribution in [3.63, 3.8) is 0 Å². The van der Waals surface area contributed by atoms with Gasteiger partial charge in [-0.3, -0.25) is 0 Å². The molecule has 2 heteroatoms. The molecule has 0 fully saturated rings. The van der Waals surface area contributed by atoms with Crippen LogP contribution in [-0.4, -0.2) is 18.3 Å². The summed E-state index contributed by atoms with van der Waals surface area (Å²) in [6.07, 6.45) is 2.40. The molecule has 1 N–H and O–H groups in total. The van der Waals surface area contributed by atoms with Gasteiger partial charge in [0, 0.05) is 0 Å². The topological polar surface area (TPSA) is 29.5 Å². The van der Waals surface area contributed by atoms with Gasteiger partial charge in [-0.25, -0.2) is 0 Å². The Balaban J connectivity index is 2.79. The van der Waals surface area contributed by atoms with Crippen LogP contribution in [0, 0.1) is 0 Å². The normalized spacial score (nSPS) is 13.7. The first kappa shape index (κ1) is 11.8. The summed E-state index contributed by atoms with van der Waals surface area (Å²) in [4.78, 5) is 0. The standard InChI is InChI=1S/C13H18O2/c1-4-13(14)10(2)9-11-5-7-12(15-3)8-6-11/h5-9,13-14H,4H2,1-3H3. The van der Waals surface area contributed by atoms with Crippen molar-refractivity contribution in [2.45, 2.75) is 26.4 Å². The summed E-state index contributed by atoms with van der Waals surface area (Å²) in [6, 6.07) is 7.78. The summed E-state index contributed by atoms with van der Waals surface area (Å²) in [5.41, 5.74) is 2.07. The second-order valence-electron chi connectivity index (χ2n) is 3.59. The van der Waals surface area contributed by atoms with Gasteiger partial charge in [0.15, 0.2) is 0 Å². The van der Waals surface area contributed by atoms with Crippen LogP contribution in [0.4, 0.5) is 0 Å². The van der Waals surface area contributed by atoms with Gasteiger partial charge in [-0.05, 0) is 36.6 Å². The lowest BCUT2D eigenvalue weighted by molar-refractivity contribution is 0.208. The van der Waals surface area contributed by atoms with E-state index >= 15 is 0 Å². The Morgan fingerprint density at radius 1 is 1.40 bits per heavy atom. The first-order chi connectivity index (χ1) is 7.17. The SMILES string of the molecule is CCC(O)C(C)=Cc1ccc(OC)cc1. The molecule has 0 aromatic heterocycles. The Morgan fingerprint density at radius 3 is 2.47 bits per heavy atom. The molecule has 15 heavy (non-hydrogen) atoms. The number of rotatable bonds is 4. The highest BCUT2D eigenvalue weighted by atomic mass is 16.5. The second-order valence-corrected chi connectivity index (χ2v) is 3.59. The summed E-state index contributed by atoms with van der Waals surface area (Å²) < 4.78 is 5.07. The molecular weight excluding hydrogens is 188 g/mol. The third kappa shape index (κ3) is 3.40. The Bertz CT molecular complexity index is 325. The van der Waals surface area contributed by atoms with Crippen LogP contribution in [0.3, 0.4) is 0 Å². The van der Waals surface area contributed by atoms with Gasteiger partial charge in [-0.15, -0.1) is 0 Å². The quantitative estimate of drug-likeness (QED) is 0.820. The Kier molecular flexibility index (Phi) is 4.37. The first-order valence-corrected chi connectivity index (χ1v) is 5.17. The molecule has 0 bridgehead atoms. The number of aliphatic hydroxyl groups excluding tert-OH is 1. The zero-order valence-corrected chi connectivity index (χ0v) is 9.53.